The van der Waals surface area contributed by atoms with Gasteiger partial charge >= 0.3 is 6.09 Å². The molecule has 0 heterocycles. The second-order valence-electron chi connectivity index (χ2n) is 13.3. The minimum atomic E-state index is -0.934. The first kappa shape index (κ1) is 37.6. The van der Waals surface area contributed by atoms with Crippen molar-refractivity contribution in [3.8, 4) is 16.9 Å². The fourth-order valence-electron chi connectivity index (χ4n) is 7.07. The molecule has 1 atom stereocenters. The van der Waals surface area contributed by atoms with Gasteiger partial charge in [-0.2, -0.15) is 0 Å². The van der Waals surface area contributed by atoms with Crippen molar-refractivity contribution in [1.82, 2.24) is 10.2 Å². The number of unbranched alkanes of at least 4 members (excludes halogenated alkanes) is 1. The Morgan fingerprint density at radius 2 is 1.40 bits per heavy atom. The van der Waals surface area contributed by atoms with Gasteiger partial charge in [0.05, 0.1) is 13.2 Å². The highest BCUT2D eigenvalue weighted by atomic mass is 16.7. The highest BCUT2D eigenvalue weighted by molar-refractivity contribution is 5.88. The van der Waals surface area contributed by atoms with Gasteiger partial charge in [0, 0.05) is 32.1 Å². The van der Waals surface area contributed by atoms with Crippen LogP contribution in [0.25, 0.3) is 21.9 Å². The zero-order valence-electron chi connectivity index (χ0n) is 31.0. The molecule has 0 unspecified atom stereocenters. The average molecular weight is 715 g/mol. The van der Waals surface area contributed by atoms with Crippen molar-refractivity contribution in [2.24, 2.45) is 0 Å². The van der Waals surface area contributed by atoms with Crippen molar-refractivity contribution in [3.05, 3.63) is 138 Å². The maximum atomic E-state index is 14.8. The number of carbonyl (C=O) groups is 2. The number of ether oxygens (including phenoxy) is 4. The van der Waals surface area contributed by atoms with Gasteiger partial charge in [-0.05, 0) is 76.6 Å². The van der Waals surface area contributed by atoms with Gasteiger partial charge < -0.3 is 29.2 Å². The van der Waals surface area contributed by atoms with Crippen molar-refractivity contribution in [2.75, 3.05) is 33.0 Å². The number of hydrogen-bond acceptors (Lipinski definition) is 6. The van der Waals surface area contributed by atoms with Crippen LogP contribution in [-0.4, -0.2) is 62.2 Å². The van der Waals surface area contributed by atoms with Crippen LogP contribution in [-0.2, 0) is 32.0 Å². The van der Waals surface area contributed by atoms with Gasteiger partial charge in [-0.25, -0.2) is 4.79 Å². The van der Waals surface area contributed by atoms with E-state index in [0.717, 1.165) is 62.7 Å². The van der Waals surface area contributed by atoms with Crippen LogP contribution < -0.4 is 10.1 Å². The van der Waals surface area contributed by atoms with Gasteiger partial charge in [0.15, 0.2) is 6.29 Å². The molecule has 5 aromatic rings. The molecular formula is C45H50N2O6. The topological polar surface area (TPSA) is 86.3 Å². The number of amides is 2. The summed E-state index contributed by atoms with van der Waals surface area (Å²) >= 11 is 0. The second-order valence-corrected chi connectivity index (χ2v) is 13.3. The maximum absolute atomic E-state index is 14.8. The zero-order chi connectivity index (χ0) is 37.0. The van der Waals surface area contributed by atoms with Crippen molar-refractivity contribution in [2.45, 2.75) is 64.8 Å². The Morgan fingerprint density at radius 1 is 0.755 bits per heavy atom. The molecule has 0 fully saturated rings. The minimum Gasteiger partial charge on any atom is -0.494 e. The van der Waals surface area contributed by atoms with Crippen molar-refractivity contribution in [3.63, 3.8) is 0 Å². The van der Waals surface area contributed by atoms with E-state index in [0.29, 0.717) is 26.4 Å². The van der Waals surface area contributed by atoms with Gasteiger partial charge in [0.25, 0.3) is 0 Å². The Morgan fingerprint density at radius 3 is 2.08 bits per heavy atom. The lowest BCUT2D eigenvalue weighted by Crippen LogP contribution is -2.51. The standard InChI is InChI=1S/C45H50N2O6/c1-4-7-27-52-35-25-23-32(24-26-35)28-42(46-45(49)53-31-41-39-21-12-10-19-37(39)38-20-11-13-22-40(38)41)44(48)47(30-43(50-5-2)51-6-3)29-34-17-14-16-33-15-8-9-18-36(33)34/h8-26,41-43H,4-7,27-31H2,1-3H3,(H,46,49)/t42-/m0/s1. The molecule has 1 aliphatic rings. The number of nitrogens with one attached hydrogen (secondary N) is 1. The lowest BCUT2D eigenvalue weighted by Gasteiger charge is -2.31. The Hall–Kier alpha value is -5.18. The molecule has 0 saturated carbocycles. The number of carbonyl (C=O) groups excluding carboxylic acids is 2. The molecule has 0 saturated heterocycles. The summed E-state index contributed by atoms with van der Waals surface area (Å²) in [6, 6.07) is 37.4. The number of benzene rings is 5. The summed E-state index contributed by atoms with van der Waals surface area (Å²) < 4.78 is 23.7. The Kier molecular flexibility index (Phi) is 13.1. The first-order valence-electron chi connectivity index (χ1n) is 18.8. The Labute approximate surface area is 313 Å². The average Bonchev–Trinajstić information content (AvgIpc) is 3.50. The monoisotopic (exact) mass is 714 g/mol. The molecular weight excluding hydrogens is 665 g/mol. The Bertz CT molecular complexity index is 1900. The van der Waals surface area contributed by atoms with E-state index in [1.807, 2.05) is 86.6 Å². The third kappa shape index (κ3) is 9.44. The maximum Gasteiger partial charge on any atom is 0.407 e. The predicted molar refractivity (Wildman–Crippen MR) is 209 cm³/mol. The number of fused-ring (bicyclic) bond motifs is 4. The smallest absolute Gasteiger partial charge is 0.407 e. The molecule has 53 heavy (non-hydrogen) atoms. The van der Waals surface area contributed by atoms with Crippen LogP contribution >= 0.6 is 0 Å². The fraction of sp³-hybridized carbons (Fsp3) is 0.333. The summed E-state index contributed by atoms with van der Waals surface area (Å²) in [5.74, 6) is 0.395. The SMILES string of the molecule is CCCCOc1ccc(C[C@H](NC(=O)OCC2c3ccccc3-c3ccccc32)C(=O)N(Cc2cccc3ccccc23)CC(OCC)OCC)cc1. The first-order chi connectivity index (χ1) is 26.0. The van der Waals surface area contributed by atoms with E-state index in [1.54, 1.807) is 4.90 Å². The fourth-order valence-corrected chi connectivity index (χ4v) is 7.07. The molecule has 0 aromatic heterocycles. The van der Waals surface area contributed by atoms with Crippen LogP contribution in [0.5, 0.6) is 5.75 Å². The molecule has 0 spiro atoms. The molecule has 0 aliphatic heterocycles. The summed E-state index contributed by atoms with van der Waals surface area (Å²) in [6.07, 6.45) is 0.976. The number of alkyl carbamates (subject to hydrolysis) is 1. The third-order valence-corrected chi connectivity index (χ3v) is 9.69. The number of hydrogen-bond donors (Lipinski definition) is 1. The molecule has 8 nitrogen and oxygen atoms in total. The van der Waals surface area contributed by atoms with Gasteiger partial charge in [-0.1, -0.05) is 116 Å². The summed E-state index contributed by atoms with van der Waals surface area (Å²) in [5, 5.41) is 5.10. The van der Waals surface area contributed by atoms with Crippen molar-refractivity contribution in [1.29, 1.82) is 0 Å². The first-order valence-corrected chi connectivity index (χ1v) is 18.8. The molecule has 1 aliphatic carbocycles. The van der Waals surface area contributed by atoms with Gasteiger partial charge in [-0.15, -0.1) is 0 Å². The zero-order valence-corrected chi connectivity index (χ0v) is 31.0. The van der Waals surface area contributed by atoms with E-state index in [1.165, 1.54) is 0 Å². The summed E-state index contributed by atoms with van der Waals surface area (Å²) in [4.78, 5) is 30.3. The molecule has 2 amide bonds. The number of rotatable bonds is 18. The quantitative estimate of drug-likeness (QED) is 0.0721. The second kappa shape index (κ2) is 18.5. The van der Waals surface area contributed by atoms with Crippen molar-refractivity contribution >= 4 is 22.8 Å². The molecule has 276 valence electrons. The lowest BCUT2D eigenvalue weighted by atomic mass is 9.98. The summed E-state index contributed by atoms with van der Waals surface area (Å²) in [7, 11) is 0. The highest BCUT2D eigenvalue weighted by Crippen LogP contribution is 2.44. The van der Waals surface area contributed by atoms with E-state index in [-0.39, 0.29) is 31.4 Å². The highest BCUT2D eigenvalue weighted by Gasteiger charge is 2.32. The third-order valence-electron chi connectivity index (χ3n) is 9.69. The van der Waals surface area contributed by atoms with Gasteiger partial charge in [0.2, 0.25) is 5.91 Å². The Balaban J connectivity index is 1.26. The summed E-state index contributed by atoms with van der Waals surface area (Å²) in [5.41, 5.74) is 6.39. The minimum absolute atomic E-state index is 0.108. The molecule has 6 rings (SSSR count). The van der Waals surface area contributed by atoms with E-state index < -0.39 is 18.4 Å². The van der Waals surface area contributed by atoms with Crippen LogP contribution in [0.15, 0.2) is 115 Å². The van der Waals surface area contributed by atoms with E-state index in [9.17, 15) is 9.59 Å². The largest absolute Gasteiger partial charge is 0.494 e. The van der Waals surface area contributed by atoms with Crippen LogP contribution in [0.4, 0.5) is 4.79 Å². The van der Waals surface area contributed by atoms with E-state index >= 15 is 0 Å². The predicted octanol–water partition coefficient (Wildman–Crippen LogP) is 8.90. The lowest BCUT2D eigenvalue weighted by molar-refractivity contribution is -0.160. The van der Waals surface area contributed by atoms with Gasteiger partial charge in [-0.3, -0.25) is 4.79 Å². The summed E-state index contributed by atoms with van der Waals surface area (Å²) in [6.45, 7) is 8.04. The van der Waals surface area contributed by atoms with Gasteiger partial charge in [0.1, 0.15) is 18.4 Å². The van der Waals surface area contributed by atoms with Crippen LogP contribution in [0.2, 0.25) is 0 Å². The van der Waals surface area contributed by atoms with Crippen LogP contribution in [0.1, 0.15) is 61.8 Å². The molecule has 5 aromatic carbocycles. The normalized spacial score (nSPS) is 12.7. The van der Waals surface area contributed by atoms with Crippen molar-refractivity contribution < 1.29 is 28.5 Å². The van der Waals surface area contributed by atoms with Crippen LogP contribution in [0, 0.1) is 0 Å². The number of nitrogens with zero attached hydrogens (tertiary/aromatic N) is 1. The molecule has 0 bridgehead atoms. The van der Waals surface area contributed by atoms with E-state index in [2.05, 4.69) is 54.7 Å². The molecule has 8 heteroatoms. The molecule has 0 radical (unpaired) electrons. The molecule has 1 N–H and O–H groups in total. The van der Waals surface area contributed by atoms with E-state index in [4.69, 9.17) is 18.9 Å². The van der Waals surface area contributed by atoms with Crippen LogP contribution in [0.3, 0.4) is 0 Å².